The Morgan fingerprint density at radius 1 is 1.38 bits per heavy atom. The van der Waals surface area contributed by atoms with Gasteiger partial charge in [0.2, 0.25) is 10.3 Å². The summed E-state index contributed by atoms with van der Waals surface area (Å²) in [6, 6.07) is 4.16. The van der Waals surface area contributed by atoms with Gasteiger partial charge < -0.3 is 5.32 Å². The van der Waals surface area contributed by atoms with Crippen molar-refractivity contribution in [3.05, 3.63) is 29.6 Å². The average Bonchev–Trinajstić information content (AvgIpc) is 2.46. The lowest BCUT2D eigenvalue weighted by atomic mass is 10.2. The lowest BCUT2D eigenvalue weighted by Gasteiger charge is -1.96. The highest BCUT2D eigenvalue weighted by Gasteiger charge is 2.17. The van der Waals surface area contributed by atoms with Crippen LogP contribution in [0.25, 0.3) is 0 Å². The molecule has 0 aliphatic carbocycles. The van der Waals surface area contributed by atoms with Crippen LogP contribution in [0.3, 0.4) is 0 Å². The number of nitrogens with one attached hydrogen (secondary N) is 1. The quantitative estimate of drug-likeness (QED) is 0.629. The van der Waals surface area contributed by atoms with Gasteiger partial charge in [-0.3, -0.25) is 0 Å². The summed E-state index contributed by atoms with van der Waals surface area (Å²) in [5.74, 6) is -0.349. The van der Waals surface area contributed by atoms with Crippen molar-refractivity contribution in [2.75, 3.05) is 5.32 Å². The fourth-order valence-corrected chi connectivity index (χ4v) is 1.77. The summed E-state index contributed by atoms with van der Waals surface area (Å²) in [7, 11) is -2.24. The van der Waals surface area contributed by atoms with Crippen LogP contribution in [0.4, 0.5) is 10.1 Å². The minimum absolute atomic E-state index is 0.195. The molecule has 0 saturated carbocycles. The maximum Gasteiger partial charge on any atom is 0.234 e. The first-order chi connectivity index (χ1) is 6.16. The Morgan fingerprint density at radius 3 is 2.85 bits per heavy atom. The van der Waals surface area contributed by atoms with Crippen molar-refractivity contribution in [2.24, 2.45) is 0 Å². The number of anilines is 1. The van der Waals surface area contributed by atoms with Crippen LogP contribution in [0.5, 0.6) is 0 Å². The van der Waals surface area contributed by atoms with Gasteiger partial charge in [0.1, 0.15) is 10.8 Å². The Hall–Kier alpha value is -1.36. The summed E-state index contributed by atoms with van der Waals surface area (Å²) < 4.78 is 33.8. The lowest BCUT2D eigenvalue weighted by Crippen LogP contribution is -2.06. The summed E-state index contributed by atoms with van der Waals surface area (Å²) in [5.41, 5.74) is 1.35. The summed E-state index contributed by atoms with van der Waals surface area (Å²) in [6.07, 6.45) is 0.253. The molecule has 0 spiro atoms. The highest BCUT2D eigenvalue weighted by atomic mass is 32.2. The fourth-order valence-electron chi connectivity index (χ4n) is 1.30. The van der Waals surface area contributed by atoms with Crippen molar-refractivity contribution in [1.29, 1.82) is 0 Å². The third kappa shape index (κ3) is 1.42. The number of benzene rings is 1. The fraction of sp³-hybridized carbons (Fsp3) is 0.125. The van der Waals surface area contributed by atoms with E-state index in [1.54, 1.807) is 0 Å². The molecule has 3 nitrogen and oxygen atoms in total. The van der Waals surface area contributed by atoms with Gasteiger partial charge in [-0.25, -0.2) is 4.39 Å². The van der Waals surface area contributed by atoms with Crippen molar-refractivity contribution in [3.8, 4) is 0 Å². The number of rotatable bonds is 0. The van der Waals surface area contributed by atoms with E-state index in [1.165, 1.54) is 18.2 Å². The summed E-state index contributed by atoms with van der Waals surface area (Å²) in [6.45, 7) is 0. The van der Waals surface area contributed by atoms with Crippen LogP contribution in [0.1, 0.15) is 5.56 Å². The predicted molar refractivity (Wildman–Crippen MR) is 47.7 cm³/mol. The van der Waals surface area contributed by atoms with E-state index in [-0.39, 0.29) is 17.2 Å². The van der Waals surface area contributed by atoms with Gasteiger partial charge in [-0.1, -0.05) is 0 Å². The molecule has 5 heteroatoms. The van der Waals surface area contributed by atoms with E-state index in [0.717, 1.165) is 0 Å². The van der Waals surface area contributed by atoms with Crippen LogP contribution in [0, 0.1) is 5.82 Å². The Balaban J connectivity index is 2.53. The molecule has 0 amide bonds. The topological polar surface area (TPSA) is 46.2 Å². The van der Waals surface area contributed by atoms with E-state index >= 15 is 0 Å². The number of hydrogen-bond acceptors (Lipinski definition) is 2. The molecule has 1 aliphatic rings. The van der Waals surface area contributed by atoms with Crippen LogP contribution in [0.15, 0.2) is 18.2 Å². The second-order valence-corrected chi connectivity index (χ2v) is 3.72. The van der Waals surface area contributed by atoms with E-state index < -0.39 is 10.3 Å². The number of halogens is 1. The molecule has 2 rings (SSSR count). The maximum absolute atomic E-state index is 12.7. The van der Waals surface area contributed by atoms with Crippen LogP contribution in [0.2, 0.25) is 0 Å². The first kappa shape index (κ1) is 8.25. The predicted octanol–water partition coefficient (Wildman–Crippen LogP) is 0.803. The van der Waals surface area contributed by atoms with Crippen molar-refractivity contribution in [2.45, 2.75) is 6.42 Å². The monoisotopic (exact) mass is 199 g/mol. The molecule has 0 radical (unpaired) electrons. The van der Waals surface area contributed by atoms with Gasteiger partial charge in [-0.15, -0.1) is 0 Å². The van der Waals surface area contributed by atoms with Gasteiger partial charge in [-0.05, 0) is 23.8 Å². The molecular formula is C8H6FNO2S. The van der Waals surface area contributed by atoms with Crippen molar-refractivity contribution in [1.82, 2.24) is 0 Å². The van der Waals surface area contributed by atoms with Gasteiger partial charge >= 0.3 is 0 Å². The molecular weight excluding hydrogens is 193 g/mol. The summed E-state index contributed by atoms with van der Waals surface area (Å²) in [5, 5.41) is 2.70. The second-order valence-electron chi connectivity index (χ2n) is 2.76. The Morgan fingerprint density at radius 2 is 2.15 bits per heavy atom. The first-order valence-electron chi connectivity index (χ1n) is 3.67. The van der Waals surface area contributed by atoms with Crippen LogP contribution in [-0.4, -0.2) is 13.4 Å². The van der Waals surface area contributed by atoms with Crippen LogP contribution >= 0.6 is 0 Å². The van der Waals surface area contributed by atoms with Gasteiger partial charge in [0.15, 0.2) is 0 Å². The first-order valence-corrected chi connectivity index (χ1v) is 4.75. The highest BCUT2D eigenvalue weighted by molar-refractivity contribution is 7.73. The SMILES string of the molecule is O=S(=O)=C1Cc2cc(F)ccc2N1. The molecule has 0 atom stereocenters. The molecule has 0 unspecified atom stereocenters. The van der Waals surface area contributed by atoms with E-state index in [0.29, 0.717) is 11.3 Å². The molecule has 13 heavy (non-hydrogen) atoms. The standard InChI is InChI=1S/C8H6FNO2S/c9-6-1-2-7-5(3-6)4-8(10-7)13(11)12/h1-3,10H,4H2. The zero-order chi connectivity index (χ0) is 9.42. The van der Waals surface area contributed by atoms with Crippen LogP contribution in [-0.2, 0) is 16.7 Å². The summed E-state index contributed by atoms with van der Waals surface area (Å²) in [4.78, 5) is 0.195. The summed E-state index contributed by atoms with van der Waals surface area (Å²) >= 11 is 0. The van der Waals surface area contributed by atoms with Gasteiger partial charge in [0, 0.05) is 12.1 Å². The van der Waals surface area contributed by atoms with Crippen molar-refractivity contribution in [3.63, 3.8) is 0 Å². The Kier molecular flexibility index (Phi) is 1.81. The Bertz CT molecular complexity index is 485. The van der Waals surface area contributed by atoms with Gasteiger partial charge in [-0.2, -0.15) is 8.42 Å². The Labute approximate surface area is 75.7 Å². The van der Waals surface area contributed by atoms with E-state index in [4.69, 9.17) is 0 Å². The molecule has 1 aromatic carbocycles. The lowest BCUT2D eigenvalue weighted by molar-refractivity contribution is 0.625. The molecule has 1 aliphatic heterocycles. The third-order valence-corrected chi connectivity index (χ3v) is 2.54. The molecule has 1 N–H and O–H groups in total. The van der Waals surface area contributed by atoms with Crippen LogP contribution < -0.4 is 5.32 Å². The van der Waals surface area contributed by atoms with E-state index in [1.807, 2.05) is 0 Å². The zero-order valence-corrected chi connectivity index (χ0v) is 7.36. The molecule has 1 heterocycles. The van der Waals surface area contributed by atoms with Crippen molar-refractivity contribution < 1.29 is 12.8 Å². The normalized spacial score (nSPS) is 13.8. The minimum Gasteiger partial charge on any atom is -0.346 e. The third-order valence-electron chi connectivity index (χ3n) is 1.89. The smallest absolute Gasteiger partial charge is 0.234 e. The number of fused-ring (bicyclic) bond motifs is 1. The highest BCUT2D eigenvalue weighted by Crippen LogP contribution is 2.23. The zero-order valence-electron chi connectivity index (χ0n) is 6.54. The van der Waals surface area contributed by atoms with Crippen molar-refractivity contribution >= 4 is 21.0 Å². The van der Waals surface area contributed by atoms with Gasteiger partial charge in [0.25, 0.3) is 0 Å². The maximum atomic E-state index is 12.7. The van der Waals surface area contributed by atoms with E-state index in [9.17, 15) is 12.8 Å². The second kappa shape index (κ2) is 2.85. The molecule has 68 valence electrons. The molecule has 0 aromatic heterocycles. The molecule has 0 fully saturated rings. The average molecular weight is 199 g/mol. The molecule has 0 bridgehead atoms. The largest absolute Gasteiger partial charge is 0.346 e. The van der Waals surface area contributed by atoms with Gasteiger partial charge in [0.05, 0.1) is 0 Å². The number of hydrogen-bond donors (Lipinski definition) is 1. The molecule has 1 aromatic rings. The minimum atomic E-state index is -2.24. The molecule has 0 saturated heterocycles. The van der Waals surface area contributed by atoms with E-state index in [2.05, 4.69) is 5.32 Å².